The van der Waals surface area contributed by atoms with E-state index in [1.54, 1.807) is 6.07 Å². The van der Waals surface area contributed by atoms with Crippen LogP contribution in [0.4, 0.5) is 5.69 Å². The summed E-state index contributed by atoms with van der Waals surface area (Å²) in [5.41, 5.74) is 0.938. The van der Waals surface area contributed by atoms with Gasteiger partial charge in [0, 0.05) is 24.8 Å². The molecule has 0 radical (unpaired) electrons. The SMILES string of the molecule is CC1(NCc2cccc([N+](=O)[O-])c2Br)CCCOC1. The van der Waals surface area contributed by atoms with Gasteiger partial charge >= 0.3 is 0 Å². The van der Waals surface area contributed by atoms with Gasteiger partial charge in [-0.2, -0.15) is 0 Å². The lowest BCUT2D eigenvalue weighted by Gasteiger charge is -2.34. The Morgan fingerprint density at radius 3 is 3.00 bits per heavy atom. The Bertz CT molecular complexity index is 473. The van der Waals surface area contributed by atoms with Crippen LogP contribution in [0.1, 0.15) is 25.3 Å². The van der Waals surface area contributed by atoms with Gasteiger partial charge in [0.1, 0.15) is 0 Å². The largest absolute Gasteiger partial charge is 0.380 e. The van der Waals surface area contributed by atoms with E-state index in [-0.39, 0.29) is 16.1 Å². The molecule has 2 rings (SSSR count). The third-order valence-corrected chi connectivity index (χ3v) is 4.31. The Kier molecular flexibility index (Phi) is 4.54. The van der Waals surface area contributed by atoms with Gasteiger partial charge in [-0.3, -0.25) is 10.1 Å². The number of rotatable bonds is 4. The van der Waals surface area contributed by atoms with Crippen molar-refractivity contribution in [1.82, 2.24) is 5.32 Å². The number of ether oxygens (including phenoxy) is 1. The molecule has 1 heterocycles. The van der Waals surface area contributed by atoms with Crippen molar-refractivity contribution in [3.8, 4) is 0 Å². The highest BCUT2D eigenvalue weighted by molar-refractivity contribution is 9.10. The fourth-order valence-electron chi connectivity index (χ4n) is 2.23. The predicted molar refractivity (Wildman–Crippen MR) is 76.1 cm³/mol. The molecule has 19 heavy (non-hydrogen) atoms. The highest BCUT2D eigenvalue weighted by Crippen LogP contribution is 2.29. The van der Waals surface area contributed by atoms with E-state index in [2.05, 4.69) is 28.2 Å². The maximum atomic E-state index is 10.9. The zero-order chi connectivity index (χ0) is 13.9. The van der Waals surface area contributed by atoms with E-state index >= 15 is 0 Å². The second-order valence-electron chi connectivity index (χ2n) is 5.08. The maximum Gasteiger partial charge on any atom is 0.283 e. The molecule has 0 aliphatic carbocycles. The summed E-state index contributed by atoms with van der Waals surface area (Å²) in [7, 11) is 0. The Labute approximate surface area is 120 Å². The van der Waals surface area contributed by atoms with Gasteiger partial charge in [-0.1, -0.05) is 12.1 Å². The van der Waals surface area contributed by atoms with Crippen molar-refractivity contribution in [1.29, 1.82) is 0 Å². The van der Waals surface area contributed by atoms with E-state index in [0.29, 0.717) is 17.6 Å². The highest BCUT2D eigenvalue weighted by Gasteiger charge is 2.27. The van der Waals surface area contributed by atoms with Crippen LogP contribution in [0.5, 0.6) is 0 Å². The highest BCUT2D eigenvalue weighted by atomic mass is 79.9. The van der Waals surface area contributed by atoms with Gasteiger partial charge in [-0.25, -0.2) is 0 Å². The van der Waals surface area contributed by atoms with Crippen LogP contribution in [0.2, 0.25) is 0 Å². The minimum absolute atomic E-state index is 0.0533. The second-order valence-corrected chi connectivity index (χ2v) is 5.87. The van der Waals surface area contributed by atoms with Crippen molar-refractivity contribution < 1.29 is 9.66 Å². The summed E-state index contributed by atoms with van der Waals surface area (Å²) >= 11 is 3.31. The van der Waals surface area contributed by atoms with Crippen LogP contribution in [0.25, 0.3) is 0 Å². The fourth-order valence-corrected chi connectivity index (χ4v) is 2.78. The average Bonchev–Trinajstić information content (AvgIpc) is 2.38. The number of nitrogens with one attached hydrogen (secondary N) is 1. The van der Waals surface area contributed by atoms with E-state index in [1.807, 2.05) is 6.07 Å². The average molecular weight is 329 g/mol. The lowest BCUT2D eigenvalue weighted by Crippen LogP contribution is -2.48. The van der Waals surface area contributed by atoms with Crippen LogP contribution in [-0.4, -0.2) is 23.7 Å². The van der Waals surface area contributed by atoms with E-state index in [0.717, 1.165) is 25.0 Å². The van der Waals surface area contributed by atoms with Crippen LogP contribution in [0.3, 0.4) is 0 Å². The summed E-state index contributed by atoms with van der Waals surface area (Å²) in [5.74, 6) is 0. The molecule has 104 valence electrons. The number of nitro benzene ring substituents is 1. The quantitative estimate of drug-likeness (QED) is 0.681. The van der Waals surface area contributed by atoms with Gasteiger partial charge in [0.2, 0.25) is 0 Å². The summed E-state index contributed by atoms with van der Waals surface area (Å²) in [6.07, 6.45) is 2.10. The van der Waals surface area contributed by atoms with E-state index in [1.165, 1.54) is 6.07 Å². The molecule has 1 unspecified atom stereocenters. The monoisotopic (exact) mass is 328 g/mol. The summed E-state index contributed by atoms with van der Waals surface area (Å²) in [6.45, 7) is 4.21. The lowest BCUT2D eigenvalue weighted by atomic mass is 9.94. The normalized spacial score (nSPS) is 23.3. The summed E-state index contributed by atoms with van der Waals surface area (Å²) in [6, 6.07) is 5.09. The van der Waals surface area contributed by atoms with Gasteiger partial charge < -0.3 is 10.1 Å². The Morgan fingerprint density at radius 2 is 2.37 bits per heavy atom. The number of nitrogens with zero attached hydrogens (tertiary/aromatic N) is 1. The van der Waals surface area contributed by atoms with Crippen molar-refractivity contribution in [3.63, 3.8) is 0 Å². The molecule has 1 saturated heterocycles. The minimum atomic E-state index is -0.376. The molecular formula is C13H17BrN2O3. The van der Waals surface area contributed by atoms with Gasteiger partial charge in [-0.05, 0) is 41.3 Å². The molecular weight excluding hydrogens is 312 g/mol. The van der Waals surface area contributed by atoms with Gasteiger partial charge in [0.05, 0.1) is 16.0 Å². The van der Waals surface area contributed by atoms with Crippen LogP contribution in [0, 0.1) is 10.1 Å². The molecule has 1 aromatic rings. The number of hydrogen-bond donors (Lipinski definition) is 1. The van der Waals surface area contributed by atoms with Crippen molar-refractivity contribution in [2.75, 3.05) is 13.2 Å². The van der Waals surface area contributed by atoms with Gasteiger partial charge in [0.15, 0.2) is 0 Å². The van der Waals surface area contributed by atoms with Crippen molar-refractivity contribution in [2.24, 2.45) is 0 Å². The predicted octanol–water partition coefficient (Wildman–Crippen LogP) is 3.02. The summed E-state index contributed by atoms with van der Waals surface area (Å²) < 4.78 is 6.03. The van der Waals surface area contributed by atoms with Crippen LogP contribution in [0.15, 0.2) is 22.7 Å². The van der Waals surface area contributed by atoms with E-state index in [4.69, 9.17) is 4.74 Å². The standard InChI is InChI=1S/C13H17BrN2O3/c1-13(6-3-7-19-9-13)15-8-10-4-2-5-11(12(10)14)16(17)18/h2,4-5,15H,3,6-9H2,1H3. The number of halogens is 1. The first-order chi connectivity index (χ1) is 9.02. The molecule has 1 N–H and O–H groups in total. The first kappa shape index (κ1) is 14.4. The second kappa shape index (κ2) is 5.98. The molecule has 1 aliphatic rings. The van der Waals surface area contributed by atoms with Gasteiger partial charge in [-0.15, -0.1) is 0 Å². The smallest absolute Gasteiger partial charge is 0.283 e. The van der Waals surface area contributed by atoms with Crippen LogP contribution < -0.4 is 5.32 Å². The minimum Gasteiger partial charge on any atom is -0.380 e. The van der Waals surface area contributed by atoms with Crippen LogP contribution in [-0.2, 0) is 11.3 Å². The van der Waals surface area contributed by atoms with E-state index in [9.17, 15) is 10.1 Å². The van der Waals surface area contributed by atoms with E-state index < -0.39 is 0 Å². The molecule has 0 amide bonds. The molecule has 1 aromatic carbocycles. The topological polar surface area (TPSA) is 64.4 Å². The zero-order valence-corrected chi connectivity index (χ0v) is 12.4. The Morgan fingerprint density at radius 1 is 1.58 bits per heavy atom. The number of nitro groups is 1. The molecule has 0 spiro atoms. The van der Waals surface area contributed by atoms with Crippen molar-refractivity contribution in [2.45, 2.75) is 31.8 Å². The molecule has 5 nitrogen and oxygen atoms in total. The maximum absolute atomic E-state index is 10.9. The zero-order valence-electron chi connectivity index (χ0n) is 10.8. The molecule has 0 saturated carbocycles. The third kappa shape index (κ3) is 3.52. The number of benzene rings is 1. The summed E-state index contributed by atoms with van der Waals surface area (Å²) in [5, 5.41) is 14.3. The fraction of sp³-hybridized carbons (Fsp3) is 0.538. The van der Waals surface area contributed by atoms with Crippen molar-refractivity contribution in [3.05, 3.63) is 38.3 Å². The van der Waals surface area contributed by atoms with Crippen molar-refractivity contribution >= 4 is 21.6 Å². The summed E-state index contributed by atoms with van der Waals surface area (Å²) in [4.78, 5) is 10.5. The first-order valence-corrected chi connectivity index (χ1v) is 7.06. The molecule has 0 aromatic heterocycles. The van der Waals surface area contributed by atoms with Crippen LogP contribution >= 0.6 is 15.9 Å². The molecule has 1 aliphatic heterocycles. The first-order valence-electron chi connectivity index (χ1n) is 6.26. The molecule has 1 atom stereocenters. The number of hydrogen-bond acceptors (Lipinski definition) is 4. The molecule has 1 fully saturated rings. The molecule has 6 heteroatoms. The van der Waals surface area contributed by atoms with Gasteiger partial charge in [0.25, 0.3) is 5.69 Å². The lowest BCUT2D eigenvalue weighted by molar-refractivity contribution is -0.385. The Balaban J connectivity index is 2.07. The Hall–Kier alpha value is -0.980. The third-order valence-electron chi connectivity index (χ3n) is 3.40. The molecule has 0 bridgehead atoms.